The zero-order valence-corrected chi connectivity index (χ0v) is 14.8. The van der Waals surface area contributed by atoms with Crippen molar-refractivity contribution in [1.29, 1.82) is 5.41 Å². The van der Waals surface area contributed by atoms with Crippen LogP contribution in [-0.4, -0.2) is 30.8 Å². The Hall–Kier alpha value is -3.09. The van der Waals surface area contributed by atoms with Gasteiger partial charge < -0.3 is 21.4 Å². The fraction of sp³-hybridized carbons (Fsp3) is 0.316. The molecule has 1 aromatic carbocycles. The molecule has 0 fully saturated rings. The molecule has 0 unspecified atom stereocenters. The predicted molar refractivity (Wildman–Crippen MR) is 105 cm³/mol. The van der Waals surface area contributed by atoms with E-state index in [0.29, 0.717) is 17.2 Å². The molecule has 3 rings (SSSR count). The molecule has 2 bridgehead atoms. The number of carbonyl (C=O) groups excluding carboxylic acids is 1. The fourth-order valence-corrected chi connectivity index (χ4v) is 3.13. The number of carbonyl (C=O) groups is 1. The molecule has 2 amide bonds. The maximum absolute atomic E-state index is 12.5. The van der Waals surface area contributed by atoms with Crippen LogP contribution in [0.2, 0.25) is 0 Å². The summed E-state index contributed by atoms with van der Waals surface area (Å²) in [6, 6.07) is 11.3. The van der Waals surface area contributed by atoms with Gasteiger partial charge in [-0.15, -0.1) is 0 Å². The first-order valence-electron chi connectivity index (χ1n) is 8.81. The molecule has 2 aromatic rings. The van der Waals surface area contributed by atoms with E-state index in [9.17, 15) is 4.79 Å². The average molecular weight is 352 g/mol. The van der Waals surface area contributed by atoms with Crippen molar-refractivity contribution in [2.45, 2.75) is 25.3 Å². The first kappa shape index (κ1) is 17.7. The van der Waals surface area contributed by atoms with Crippen LogP contribution < -0.4 is 21.3 Å². The Kier molecular flexibility index (Phi) is 5.68. The molecule has 0 spiro atoms. The number of nitrogens with one attached hydrogen (secondary N) is 5. The summed E-state index contributed by atoms with van der Waals surface area (Å²) in [7, 11) is 1.79. The molecular formula is C19H24N6O. The third-order valence-corrected chi connectivity index (χ3v) is 4.42. The molecular weight excluding hydrogens is 328 g/mol. The second-order valence-electron chi connectivity index (χ2n) is 6.20. The van der Waals surface area contributed by atoms with Crippen LogP contribution in [0.15, 0.2) is 36.4 Å². The molecule has 7 nitrogen and oxygen atoms in total. The highest BCUT2D eigenvalue weighted by Crippen LogP contribution is 2.27. The van der Waals surface area contributed by atoms with Crippen LogP contribution in [0.5, 0.6) is 0 Å². The zero-order chi connectivity index (χ0) is 18.4. The van der Waals surface area contributed by atoms with E-state index < -0.39 is 0 Å². The van der Waals surface area contributed by atoms with Crippen molar-refractivity contribution in [3.63, 3.8) is 0 Å². The highest BCUT2D eigenvalue weighted by atomic mass is 16.2. The van der Waals surface area contributed by atoms with Gasteiger partial charge in [-0.2, -0.15) is 0 Å². The SMILES string of the molecule is CNc1c(C=N)cc2nc1NCCCC[C@H](c1ccccc1)NC(=O)N2. The maximum atomic E-state index is 12.5. The summed E-state index contributed by atoms with van der Waals surface area (Å²) >= 11 is 0. The maximum Gasteiger partial charge on any atom is 0.320 e. The van der Waals surface area contributed by atoms with Gasteiger partial charge in [-0.05, 0) is 30.9 Å². The van der Waals surface area contributed by atoms with Gasteiger partial charge in [0.25, 0.3) is 0 Å². The van der Waals surface area contributed by atoms with E-state index in [1.54, 1.807) is 13.1 Å². The minimum atomic E-state index is -0.300. The molecule has 1 atom stereocenters. The average Bonchev–Trinajstić information content (AvgIpc) is 2.66. The number of rotatable bonds is 3. The first-order valence-corrected chi connectivity index (χ1v) is 8.81. The summed E-state index contributed by atoms with van der Waals surface area (Å²) in [6.07, 6.45) is 4.05. The summed E-state index contributed by atoms with van der Waals surface area (Å²) < 4.78 is 0. The van der Waals surface area contributed by atoms with E-state index >= 15 is 0 Å². The minimum absolute atomic E-state index is 0.0473. The standard InChI is InChI=1S/C19H24N6O/c1-21-17-14(12-20)11-16-24-18(17)22-10-6-5-9-15(23-19(26)25-16)13-7-3-2-4-8-13/h2-4,7-8,11-12,15,20-21H,5-6,9-10H2,1H3,(H3,22,23,24,25,26)/t15-/m1/s1. The topological polar surface area (TPSA) is 102 Å². The van der Waals surface area contributed by atoms with Gasteiger partial charge in [-0.1, -0.05) is 30.3 Å². The quantitative estimate of drug-likeness (QED) is 0.545. The summed E-state index contributed by atoms with van der Waals surface area (Å²) in [5.74, 6) is 1.05. The molecule has 1 aliphatic rings. The lowest BCUT2D eigenvalue weighted by atomic mass is 10.0. The lowest BCUT2D eigenvalue weighted by molar-refractivity contribution is 0.247. The Balaban J connectivity index is 1.88. The van der Waals surface area contributed by atoms with E-state index in [-0.39, 0.29) is 12.1 Å². The number of hydrogen-bond acceptors (Lipinski definition) is 5. The molecule has 0 saturated carbocycles. The van der Waals surface area contributed by atoms with Gasteiger partial charge in [-0.25, -0.2) is 9.78 Å². The highest BCUT2D eigenvalue weighted by molar-refractivity contribution is 5.95. The number of benzene rings is 1. The van der Waals surface area contributed by atoms with Crippen molar-refractivity contribution in [1.82, 2.24) is 10.3 Å². The number of urea groups is 1. The van der Waals surface area contributed by atoms with Gasteiger partial charge in [0, 0.05) is 25.4 Å². The van der Waals surface area contributed by atoms with Crippen molar-refractivity contribution in [3.05, 3.63) is 47.5 Å². The van der Waals surface area contributed by atoms with E-state index in [1.807, 2.05) is 30.3 Å². The third kappa shape index (κ3) is 4.11. The summed E-state index contributed by atoms with van der Waals surface area (Å²) in [4.78, 5) is 17.0. The van der Waals surface area contributed by atoms with Crippen LogP contribution in [0.3, 0.4) is 0 Å². The third-order valence-electron chi connectivity index (χ3n) is 4.42. The summed E-state index contributed by atoms with van der Waals surface area (Å²) in [5.41, 5.74) is 2.51. The van der Waals surface area contributed by atoms with E-state index in [0.717, 1.165) is 37.1 Å². The number of aromatic nitrogens is 1. The number of nitrogens with zero attached hydrogens (tertiary/aromatic N) is 1. The molecule has 2 heterocycles. The molecule has 1 aliphatic heterocycles. The normalized spacial score (nSPS) is 17.6. The van der Waals surface area contributed by atoms with E-state index in [2.05, 4.69) is 26.3 Å². The van der Waals surface area contributed by atoms with Crippen molar-refractivity contribution in [3.8, 4) is 0 Å². The van der Waals surface area contributed by atoms with Gasteiger partial charge in [-0.3, -0.25) is 5.32 Å². The predicted octanol–water partition coefficient (Wildman–Crippen LogP) is 3.58. The fourth-order valence-electron chi connectivity index (χ4n) is 3.13. The van der Waals surface area contributed by atoms with Crippen LogP contribution in [0.1, 0.15) is 36.4 Å². The number of amides is 2. The Labute approximate surface area is 153 Å². The molecule has 1 aromatic heterocycles. The van der Waals surface area contributed by atoms with Gasteiger partial charge in [0.15, 0.2) is 5.82 Å². The Morgan fingerprint density at radius 3 is 2.81 bits per heavy atom. The Morgan fingerprint density at radius 2 is 2.08 bits per heavy atom. The van der Waals surface area contributed by atoms with Gasteiger partial charge in [0.2, 0.25) is 0 Å². The second kappa shape index (κ2) is 8.33. The Morgan fingerprint density at radius 1 is 1.27 bits per heavy atom. The molecule has 26 heavy (non-hydrogen) atoms. The van der Waals surface area contributed by atoms with Crippen molar-refractivity contribution in [2.24, 2.45) is 0 Å². The molecule has 0 aliphatic carbocycles. The van der Waals surface area contributed by atoms with Crippen LogP contribution in [0, 0.1) is 5.41 Å². The number of pyridine rings is 1. The van der Waals surface area contributed by atoms with Crippen molar-refractivity contribution < 1.29 is 4.79 Å². The molecule has 0 radical (unpaired) electrons. The number of fused-ring (bicyclic) bond motifs is 2. The van der Waals surface area contributed by atoms with Crippen LogP contribution in [0.25, 0.3) is 0 Å². The van der Waals surface area contributed by atoms with Crippen molar-refractivity contribution >= 4 is 29.6 Å². The van der Waals surface area contributed by atoms with Crippen LogP contribution in [0.4, 0.5) is 22.1 Å². The summed E-state index contributed by atoms with van der Waals surface area (Å²) in [6.45, 7) is 0.776. The van der Waals surface area contributed by atoms with Gasteiger partial charge in [0.1, 0.15) is 5.82 Å². The van der Waals surface area contributed by atoms with Gasteiger partial charge >= 0.3 is 6.03 Å². The molecule has 0 saturated heterocycles. The van der Waals surface area contributed by atoms with Crippen molar-refractivity contribution in [2.75, 3.05) is 29.5 Å². The molecule has 5 N–H and O–H groups in total. The highest BCUT2D eigenvalue weighted by Gasteiger charge is 2.17. The largest absolute Gasteiger partial charge is 0.385 e. The van der Waals surface area contributed by atoms with Crippen LogP contribution in [-0.2, 0) is 0 Å². The zero-order valence-electron chi connectivity index (χ0n) is 14.8. The Bertz CT molecular complexity index is 777. The number of hydrogen-bond donors (Lipinski definition) is 5. The van der Waals surface area contributed by atoms with E-state index in [1.165, 1.54) is 6.21 Å². The molecule has 7 heteroatoms. The lowest BCUT2D eigenvalue weighted by Gasteiger charge is -2.22. The monoisotopic (exact) mass is 352 g/mol. The smallest absolute Gasteiger partial charge is 0.320 e. The van der Waals surface area contributed by atoms with E-state index in [4.69, 9.17) is 5.41 Å². The molecule has 136 valence electrons. The minimum Gasteiger partial charge on any atom is -0.385 e. The second-order valence-corrected chi connectivity index (χ2v) is 6.20. The number of anilines is 3. The lowest BCUT2D eigenvalue weighted by Crippen LogP contribution is -2.33. The van der Waals surface area contributed by atoms with Gasteiger partial charge in [0.05, 0.1) is 11.7 Å². The summed E-state index contributed by atoms with van der Waals surface area (Å²) in [5, 5.41) is 19.9. The van der Waals surface area contributed by atoms with Crippen LogP contribution >= 0.6 is 0 Å². The first-order chi connectivity index (χ1) is 12.7.